The van der Waals surface area contributed by atoms with E-state index in [1.54, 1.807) is 6.20 Å². The van der Waals surface area contributed by atoms with Crippen LogP contribution < -0.4 is 20.5 Å². The molecular formula is C15H18N4O3. The van der Waals surface area contributed by atoms with Crippen LogP contribution in [0.4, 0.5) is 5.69 Å². The van der Waals surface area contributed by atoms with Gasteiger partial charge in [0.05, 0.1) is 11.9 Å². The van der Waals surface area contributed by atoms with Gasteiger partial charge in [0.15, 0.2) is 11.5 Å². The number of ether oxygens (including phenoxy) is 2. The van der Waals surface area contributed by atoms with Crippen LogP contribution in [0.5, 0.6) is 11.5 Å². The van der Waals surface area contributed by atoms with Gasteiger partial charge >= 0.3 is 0 Å². The standard InChI is InChI=1S/C15H18N4O3/c16-11-7-18-19(8-11)9-15(20)17-6-5-12-10-21-13-3-1-2-4-14(13)22-12/h1-4,7-8,12H,5-6,9-10,16H2,(H,17,20)/t12-/m0/s1. The number of para-hydroxylation sites is 2. The van der Waals surface area contributed by atoms with E-state index in [4.69, 9.17) is 15.2 Å². The van der Waals surface area contributed by atoms with E-state index in [0.29, 0.717) is 25.3 Å². The minimum absolute atomic E-state index is 0.0597. The summed E-state index contributed by atoms with van der Waals surface area (Å²) < 4.78 is 13.0. The minimum Gasteiger partial charge on any atom is -0.486 e. The molecule has 0 unspecified atom stereocenters. The predicted molar refractivity (Wildman–Crippen MR) is 80.6 cm³/mol. The summed E-state index contributed by atoms with van der Waals surface area (Å²) in [5.74, 6) is 1.40. The van der Waals surface area contributed by atoms with E-state index >= 15 is 0 Å². The molecule has 3 rings (SSSR count). The average Bonchev–Trinajstić information content (AvgIpc) is 2.92. The van der Waals surface area contributed by atoms with Gasteiger partial charge in [0, 0.05) is 19.2 Å². The van der Waals surface area contributed by atoms with Crippen molar-refractivity contribution in [2.75, 3.05) is 18.9 Å². The van der Waals surface area contributed by atoms with Crippen LogP contribution in [0.2, 0.25) is 0 Å². The smallest absolute Gasteiger partial charge is 0.241 e. The Morgan fingerprint density at radius 3 is 3.00 bits per heavy atom. The molecule has 0 aliphatic carbocycles. The van der Waals surface area contributed by atoms with Crippen molar-refractivity contribution in [1.82, 2.24) is 15.1 Å². The van der Waals surface area contributed by atoms with Crippen LogP contribution in [0.1, 0.15) is 6.42 Å². The topological polar surface area (TPSA) is 91.4 Å². The lowest BCUT2D eigenvalue weighted by molar-refractivity contribution is -0.121. The SMILES string of the molecule is Nc1cnn(CC(=O)NCC[C@H]2COc3ccccc3O2)c1. The third-order valence-electron chi connectivity index (χ3n) is 3.31. The molecule has 0 fully saturated rings. The van der Waals surface area contributed by atoms with Gasteiger partial charge in [0.2, 0.25) is 5.91 Å². The molecule has 0 bridgehead atoms. The van der Waals surface area contributed by atoms with E-state index < -0.39 is 0 Å². The summed E-state index contributed by atoms with van der Waals surface area (Å²) in [4.78, 5) is 11.8. The Balaban J connectivity index is 1.41. The maximum atomic E-state index is 11.8. The zero-order chi connectivity index (χ0) is 15.4. The first-order chi connectivity index (χ1) is 10.7. The number of hydrogen-bond acceptors (Lipinski definition) is 5. The van der Waals surface area contributed by atoms with E-state index in [2.05, 4.69) is 10.4 Å². The van der Waals surface area contributed by atoms with Crippen molar-refractivity contribution in [3.8, 4) is 11.5 Å². The lowest BCUT2D eigenvalue weighted by Gasteiger charge is -2.26. The van der Waals surface area contributed by atoms with Crippen LogP contribution in [-0.4, -0.2) is 34.9 Å². The highest BCUT2D eigenvalue weighted by Gasteiger charge is 2.20. The highest BCUT2D eigenvalue weighted by molar-refractivity contribution is 5.75. The lowest BCUT2D eigenvalue weighted by Crippen LogP contribution is -2.35. The summed E-state index contributed by atoms with van der Waals surface area (Å²) in [5, 5.41) is 6.80. The molecule has 7 nitrogen and oxygen atoms in total. The molecule has 7 heteroatoms. The number of nitrogen functional groups attached to an aromatic ring is 1. The number of fused-ring (bicyclic) bond motifs is 1. The second-order valence-electron chi connectivity index (χ2n) is 5.11. The third kappa shape index (κ3) is 3.49. The second-order valence-corrected chi connectivity index (χ2v) is 5.11. The Kier molecular flexibility index (Phi) is 4.13. The fraction of sp³-hybridized carbons (Fsp3) is 0.333. The van der Waals surface area contributed by atoms with Crippen molar-refractivity contribution >= 4 is 11.6 Å². The van der Waals surface area contributed by atoms with Crippen molar-refractivity contribution in [3.05, 3.63) is 36.7 Å². The number of hydrogen-bond donors (Lipinski definition) is 2. The van der Waals surface area contributed by atoms with Crippen molar-refractivity contribution in [3.63, 3.8) is 0 Å². The first kappa shape index (κ1) is 14.2. The molecule has 0 radical (unpaired) electrons. The summed E-state index contributed by atoms with van der Waals surface area (Å²) in [6, 6.07) is 7.57. The summed E-state index contributed by atoms with van der Waals surface area (Å²) >= 11 is 0. The van der Waals surface area contributed by atoms with Gasteiger partial charge in [-0.05, 0) is 12.1 Å². The van der Waals surface area contributed by atoms with Gasteiger partial charge < -0.3 is 20.5 Å². The first-order valence-electron chi connectivity index (χ1n) is 7.14. The van der Waals surface area contributed by atoms with E-state index in [9.17, 15) is 4.79 Å². The van der Waals surface area contributed by atoms with Gasteiger partial charge in [-0.25, -0.2) is 0 Å². The number of nitrogens with one attached hydrogen (secondary N) is 1. The number of carbonyl (C=O) groups is 1. The van der Waals surface area contributed by atoms with Crippen LogP contribution in [0.25, 0.3) is 0 Å². The zero-order valence-electron chi connectivity index (χ0n) is 12.1. The van der Waals surface area contributed by atoms with Crippen LogP contribution in [0.3, 0.4) is 0 Å². The Morgan fingerprint density at radius 2 is 2.23 bits per heavy atom. The highest BCUT2D eigenvalue weighted by atomic mass is 16.6. The summed E-state index contributed by atoms with van der Waals surface area (Å²) in [5.41, 5.74) is 6.09. The number of carbonyl (C=O) groups excluding carboxylic acids is 1. The average molecular weight is 302 g/mol. The Labute approximate surface area is 128 Å². The number of rotatable bonds is 5. The van der Waals surface area contributed by atoms with E-state index in [-0.39, 0.29) is 18.6 Å². The molecule has 1 atom stereocenters. The minimum atomic E-state index is -0.111. The number of benzene rings is 1. The number of anilines is 1. The Morgan fingerprint density at radius 1 is 1.41 bits per heavy atom. The predicted octanol–water partition coefficient (Wildman–Crippen LogP) is 0.812. The van der Waals surface area contributed by atoms with Gasteiger partial charge in [-0.15, -0.1) is 0 Å². The van der Waals surface area contributed by atoms with E-state index in [1.165, 1.54) is 10.9 Å². The van der Waals surface area contributed by atoms with E-state index in [1.807, 2.05) is 24.3 Å². The number of nitrogens with zero attached hydrogens (tertiary/aromatic N) is 2. The zero-order valence-corrected chi connectivity index (χ0v) is 12.1. The van der Waals surface area contributed by atoms with Crippen molar-refractivity contribution in [1.29, 1.82) is 0 Å². The molecule has 1 aromatic heterocycles. The van der Waals surface area contributed by atoms with Gasteiger partial charge in [-0.3, -0.25) is 9.48 Å². The molecule has 2 aromatic rings. The molecule has 1 aliphatic heterocycles. The van der Waals surface area contributed by atoms with Crippen molar-refractivity contribution in [2.45, 2.75) is 19.1 Å². The lowest BCUT2D eigenvalue weighted by atomic mass is 10.2. The van der Waals surface area contributed by atoms with Gasteiger partial charge in [-0.2, -0.15) is 5.10 Å². The van der Waals surface area contributed by atoms with Crippen LogP contribution in [0, 0.1) is 0 Å². The van der Waals surface area contributed by atoms with Gasteiger partial charge in [0.25, 0.3) is 0 Å². The Bertz CT molecular complexity index is 656. The molecule has 3 N–H and O–H groups in total. The molecule has 0 saturated carbocycles. The molecule has 0 saturated heterocycles. The van der Waals surface area contributed by atoms with Gasteiger partial charge in [0.1, 0.15) is 19.3 Å². The summed E-state index contributed by atoms with van der Waals surface area (Å²) in [7, 11) is 0. The molecule has 0 spiro atoms. The van der Waals surface area contributed by atoms with Gasteiger partial charge in [-0.1, -0.05) is 12.1 Å². The van der Waals surface area contributed by atoms with Crippen molar-refractivity contribution < 1.29 is 14.3 Å². The fourth-order valence-corrected chi connectivity index (χ4v) is 2.25. The number of nitrogens with two attached hydrogens (primary N) is 1. The van der Waals surface area contributed by atoms with Crippen LogP contribution in [0.15, 0.2) is 36.7 Å². The highest BCUT2D eigenvalue weighted by Crippen LogP contribution is 2.31. The third-order valence-corrected chi connectivity index (χ3v) is 3.31. The molecule has 2 heterocycles. The molecule has 22 heavy (non-hydrogen) atoms. The Hall–Kier alpha value is -2.70. The molecule has 1 amide bonds. The maximum absolute atomic E-state index is 11.8. The molecule has 1 aliphatic rings. The monoisotopic (exact) mass is 302 g/mol. The molecular weight excluding hydrogens is 284 g/mol. The molecule has 116 valence electrons. The largest absolute Gasteiger partial charge is 0.486 e. The van der Waals surface area contributed by atoms with Crippen LogP contribution in [-0.2, 0) is 11.3 Å². The van der Waals surface area contributed by atoms with Crippen molar-refractivity contribution in [2.24, 2.45) is 0 Å². The number of amides is 1. The van der Waals surface area contributed by atoms with Crippen LogP contribution >= 0.6 is 0 Å². The normalized spacial score (nSPS) is 16.3. The number of aromatic nitrogens is 2. The summed E-state index contributed by atoms with van der Waals surface area (Å²) in [6.07, 6.45) is 3.75. The quantitative estimate of drug-likeness (QED) is 0.853. The molecule has 1 aromatic carbocycles. The second kappa shape index (κ2) is 6.38. The summed E-state index contributed by atoms with van der Waals surface area (Å²) in [6.45, 7) is 1.16. The maximum Gasteiger partial charge on any atom is 0.241 e. The fourth-order valence-electron chi connectivity index (χ4n) is 2.25. The first-order valence-corrected chi connectivity index (χ1v) is 7.14. The van der Waals surface area contributed by atoms with E-state index in [0.717, 1.165) is 11.5 Å².